The van der Waals surface area contributed by atoms with E-state index >= 15 is 0 Å². The zero-order valence-electron chi connectivity index (χ0n) is 11.4. The molecule has 1 amide bonds. The molecule has 3 nitrogen and oxygen atoms in total. The van der Waals surface area contributed by atoms with Gasteiger partial charge in [-0.2, -0.15) is 0 Å². The summed E-state index contributed by atoms with van der Waals surface area (Å²) in [7, 11) is 1.78. The molecule has 0 aliphatic heterocycles. The highest BCUT2D eigenvalue weighted by Gasteiger charge is 2.19. The van der Waals surface area contributed by atoms with Crippen LogP contribution in [0.1, 0.15) is 11.8 Å². The van der Waals surface area contributed by atoms with Crippen molar-refractivity contribution in [2.75, 3.05) is 7.05 Å². The van der Waals surface area contributed by atoms with Crippen molar-refractivity contribution in [3.05, 3.63) is 51.7 Å². The van der Waals surface area contributed by atoms with E-state index in [1.807, 2.05) is 17.5 Å². The highest BCUT2D eigenvalue weighted by Crippen LogP contribution is 2.19. The van der Waals surface area contributed by atoms with Crippen LogP contribution in [-0.4, -0.2) is 24.0 Å². The number of nitrogens with zero attached hydrogens (tertiary/aromatic N) is 1. The van der Waals surface area contributed by atoms with E-state index < -0.39 is 6.10 Å². The van der Waals surface area contributed by atoms with Gasteiger partial charge in [-0.25, -0.2) is 0 Å². The summed E-state index contributed by atoms with van der Waals surface area (Å²) in [6.07, 6.45) is -0.543. The lowest BCUT2D eigenvalue weighted by Crippen LogP contribution is -2.37. The minimum absolute atomic E-state index is 0.0571. The van der Waals surface area contributed by atoms with Crippen LogP contribution in [0.4, 0.5) is 0 Å². The summed E-state index contributed by atoms with van der Waals surface area (Å²) >= 11 is 7.53. The van der Waals surface area contributed by atoms with Gasteiger partial charge in [0.25, 0.3) is 5.91 Å². The normalized spacial score (nSPS) is 11.9. The number of ether oxygens (including phenoxy) is 1. The molecule has 5 heteroatoms. The first-order chi connectivity index (χ1) is 9.56. The Bertz CT molecular complexity index is 571. The fourth-order valence-electron chi connectivity index (χ4n) is 1.82. The molecule has 106 valence electrons. The van der Waals surface area contributed by atoms with Gasteiger partial charge in [0.2, 0.25) is 0 Å². The van der Waals surface area contributed by atoms with Crippen LogP contribution in [0.15, 0.2) is 41.8 Å². The molecule has 0 radical (unpaired) electrons. The largest absolute Gasteiger partial charge is 0.481 e. The summed E-state index contributed by atoms with van der Waals surface area (Å²) in [5, 5.41) is 2.59. The summed E-state index contributed by atoms with van der Waals surface area (Å²) in [6, 6.07) is 11.0. The van der Waals surface area contributed by atoms with Crippen LogP contribution in [0.2, 0.25) is 5.02 Å². The predicted octanol–water partition coefficient (Wildman–Crippen LogP) is 3.83. The van der Waals surface area contributed by atoms with E-state index in [1.165, 1.54) is 0 Å². The van der Waals surface area contributed by atoms with Crippen LogP contribution in [0.5, 0.6) is 5.75 Å². The molecule has 2 aromatic rings. The van der Waals surface area contributed by atoms with Gasteiger partial charge in [0.1, 0.15) is 5.75 Å². The minimum Gasteiger partial charge on any atom is -0.481 e. The maximum atomic E-state index is 12.2. The van der Waals surface area contributed by atoms with Gasteiger partial charge in [-0.05, 0) is 36.6 Å². The van der Waals surface area contributed by atoms with Crippen LogP contribution in [0.25, 0.3) is 0 Å². The predicted molar refractivity (Wildman–Crippen MR) is 82.3 cm³/mol. The first-order valence-electron chi connectivity index (χ1n) is 6.26. The van der Waals surface area contributed by atoms with Gasteiger partial charge in [0, 0.05) is 16.9 Å². The van der Waals surface area contributed by atoms with Crippen molar-refractivity contribution >= 4 is 28.8 Å². The average Bonchev–Trinajstić information content (AvgIpc) is 2.90. The molecule has 0 spiro atoms. The highest BCUT2D eigenvalue weighted by atomic mass is 35.5. The summed E-state index contributed by atoms with van der Waals surface area (Å²) in [5.41, 5.74) is 0. The molecular weight excluding hydrogens is 294 g/mol. The smallest absolute Gasteiger partial charge is 0.263 e. The lowest BCUT2D eigenvalue weighted by atomic mass is 10.3. The van der Waals surface area contributed by atoms with E-state index in [4.69, 9.17) is 16.3 Å². The van der Waals surface area contributed by atoms with Crippen LogP contribution in [-0.2, 0) is 11.3 Å². The van der Waals surface area contributed by atoms with Gasteiger partial charge < -0.3 is 9.64 Å². The van der Waals surface area contributed by atoms with E-state index in [1.54, 1.807) is 54.5 Å². The minimum atomic E-state index is -0.543. The molecular formula is C15H16ClNO2S. The van der Waals surface area contributed by atoms with Crippen molar-refractivity contribution in [1.29, 1.82) is 0 Å². The maximum absolute atomic E-state index is 12.2. The summed E-state index contributed by atoms with van der Waals surface area (Å²) < 4.78 is 5.63. The van der Waals surface area contributed by atoms with E-state index in [0.29, 0.717) is 17.3 Å². The number of likely N-dealkylation sites (N-methyl/N-ethyl adjacent to an activating group) is 1. The van der Waals surface area contributed by atoms with E-state index in [2.05, 4.69) is 0 Å². The Labute approximate surface area is 127 Å². The fourth-order valence-corrected chi connectivity index (χ4v) is 2.76. The Morgan fingerprint density at radius 3 is 2.85 bits per heavy atom. The number of carbonyl (C=O) groups excluding carboxylic acids is 1. The SMILES string of the molecule is CC(Oc1cccc(Cl)c1)C(=O)N(C)Cc1cccs1. The molecule has 20 heavy (non-hydrogen) atoms. The number of amides is 1. The Hall–Kier alpha value is -1.52. The van der Waals surface area contributed by atoms with E-state index in [-0.39, 0.29) is 5.91 Å². The molecule has 0 saturated heterocycles. The number of carbonyl (C=O) groups is 1. The second-order valence-corrected chi connectivity index (χ2v) is 5.96. The zero-order valence-corrected chi connectivity index (χ0v) is 12.9. The highest BCUT2D eigenvalue weighted by molar-refractivity contribution is 7.09. The molecule has 0 aliphatic rings. The van der Waals surface area contributed by atoms with E-state index in [0.717, 1.165) is 4.88 Å². The van der Waals surface area contributed by atoms with Crippen molar-refractivity contribution in [2.24, 2.45) is 0 Å². The van der Waals surface area contributed by atoms with Crippen LogP contribution >= 0.6 is 22.9 Å². The molecule has 0 N–H and O–H groups in total. The van der Waals surface area contributed by atoms with Gasteiger partial charge in [0.05, 0.1) is 6.54 Å². The third-order valence-electron chi connectivity index (χ3n) is 2.81. The van der Waals surface area contributed by atoms with Crippen molar-refractivity contribution in [2.45, 2.75) is 19.6 Å². The number of thiophene rings is 1. The summed E-state index contributed by atoms with van der Waals surface area (Å²) in [4.78, 5) is 15.0. The third kappa shape index (κ3) is 3.99. The first kappa shape index (κ1) is 14.9. The van der Waals surface area contributed by atoms with Crippen LogP contribution in [0.3, 0.4) is 0 Å². The number of benzene rings is 1. The fraction of sp³-hybridized carbons (Fsp3) is 0.267. The number of rotatable bonds is 5. The number of hydrogen-bond acceptors (Lipinski definition) is 3. The standard InChI is InChI=1S/C15H16ClNO2S/c1-11(19-13-6-3-5-12(16)9-13)15(18)17(2)10-14-7-4-8-20-14/h3-9,11H,10H2,1-2H3. The number of halogens is 1. The quantitative estimate of drug-likeness (QED) is 0.840. The molecule has 1 aromatic heterocycles. The van der Waals surface area contributed by atoms with Crippen LogP contribution < -0.4 is 4.74 Å². The zero-order chi connectivity index (χ0) is 14.5. The second-order valence-electron chi connectivity index (χ2n) is 4.49. The molecule has 0 bridgehead atoms. The van der Waals surface area contributed by atoms with Crippen LogP contribution in [0, 0.1) is 0 Å². The maximum Gasteiger partial charge on any atom is 0.263 e. The first-order valence-corrected chi connectivity index (χ1v) is 7.51. The molecule has 1 atom stereocenters. The molecule has 1 aromatic carbocycles. The number of hydrogen-bond donors (Lipinski definition) is 0. The molecule has 0 saturated carbocycles. The van der Waals surface area contributed by atoms with Gasteiger partial charge >= 0.3 is 0 Å². The van der Waals surface area contributed by atoms with Crippen molar-refractivity contribution in [3.63, 3.8) is 0 Å². The van der Waals surface area contributed by atoms with E-state index in [9.17, 15) is 4.79 Å². The Morgan fingerprint density at radius 2 is 2.20 bits per heavy atom. The molecule has 1 unspecified atom stereocenters. The van der Waals surface area contributed by atoms with Gasteiger partial charge in [0.15, 0.2) is 6.10 Å². The molecule has 0 fully saturated rings. The molecule has 2 rings (SSSR count). The van der Waals surface area contributed by atoms with Gasteiger partial charge in [-0.15, -0.1) is 11.3 Å². The van der Waals surface area contributed by atoms with Gasteiger partial charge in [-0.3, -0.25) is 4.79 Å². The molecule has 1 heterocycles. The second kappa shape index (κ2) is 6.77. The Kier molecular flexibility index (Phi) is 5.04. The summed E-state index contributed by atoms with van der Waals surface area (Å²) in [6.45, 7) is 2.34. The lowest BCUT2D eigenvalue weighted by Gasteiger charge is -2.21. The van der Waals surface area contributed by atoms with Crippen molar-refractivity contribution in [1.82, 2.24) is 4.90 Å². The Balaban J connectivity index is 1.94. The average molecular weight is 310 g/mol. The summed E-state index contributed by atoms with van der Waals surface area (Å²) in [5.74, 6) is 0.543. The Morgan fingerprint density at radius 1 is 1.40 bits per heavy atom. The van der Waals surface area contributed by atoms with Gasteiger partial charge in [-0.1, -0.05) is 23.7 Å². The topological polar surface area (TPSA) is 29.5 Å². The van der Waals surface area contributed by atoms with Crippen molar-refractivity contribution in [3.8, 4) is 5.75 Å². The molecule has 0 aliphatic carbocycles. The lowest BCUT2D eigenvalue weighted by molar-refractivity contribution is -0.137. The third-order valence-corrected chi connectivity index (χ3v) is 3.90. The monoisotopic (exact) mass is 309 g/mol. The van der Waals surface area contributed by atoms with Crippen molar-refractivity contribution < 1.29 is 9.53 Å².